The second kappa shape index (κ2) is 5.43. The second-order valence-electron chi connectivity index (χ2n) is 4.98. The zero-order valence-corrected chi connectivity index (χ0v) is 11.4. The normalized spacial score (nSPS) is 14.1. The van der Waals surface area contributed by atoms with Gasteiger partial charge in [-0.2, -0.15) is 0 Å². The SMILES string of the molecule is CC(CC(=O)O)Cc1nnc(-c2ccc3c(c2)OCO3)o1. The van der Waals surface area contributed by atoms with Gasteiger partial charge < -0.3 is 19.0 Å². The van der Waals surface area contributed by atoms with E-state index in [0.29, 0.717) is 29.7 Å². The minimum Gasteiger partial charge on any atom is -0.481 e. The summed E-state index contributed by atoms with van der Waals surface area (Å²) < 4.78 is 16.1. The molecule has 2 aromatic rings. The molecule has 1 aromatic carbocycles. The zero-order chi connectivity index (χ0) is 14.8. The average molecular weight is 290 g/mol. The van der Waals surface area contributed by atoms with E-state index in [2.05, 4.69) is 10.2 Å². The number of hydrogen-bond acceptors (Lipinski definition) is 6. The highest BCUT2D eigenvalue weighted by Crippen LogP contribution is 2.35. The molecule has 0 saturated carbocycles. The first-order valence-corrected chi connectivity index (χ1v) is 6.56. The van der Waals surface area contributed by atoms with Crippen LogP contribution in [0.25, 0.3) is 11.5 Å². The number of ether oxygens (including phenoxy) is 2. The third kappa shape index (κ3) is 2.96. The quantitative estimate of drug-likeness (QED) is 0.901. The molecule has 3 rings (SSSR count). The summed E-state index contributed by atoms with van der Waals surface area (Å²) in [6.45, 7) is 2.04. The van der Waals surface area contributed by atoms with Gasteiger partial charge in [-0.1, -0.05) is 6.92 Å². The van der Waals surface area contributed by atoms with E-state index in [1.807, 2.05) is 13.0 Å². The van der Waals surface area contributed by atoms with Crippen molar-refractivity contribution in [2.45, 2.75) is 19.8 Å². The zero-order valence-electron chi connectivity index (χ0n) is 11.4. The van der Waals surface area contributed by atoms with Crippen molar-refractivity contribution in [3.63, 3.8) is 0 Å². The fourth-order valence-corrected chi connectivity index (χ4v) is 2.15. The van der Waals surface area contributed by atoms with Crippen molar-refractivity contribution < 1.29 is 23.8 Å². The van der Waals surface area contributed by atoms with E-state index in [1.54, 1.807) is 12.1 Å². The van der Waals surface area contributed by atoms with Crippen molar-refractivity contribution in [3.05, 3.63) is 24.1 Å². The van der Waals surface area contributed by atoms with Crippen LogP contribution in [0.5, 0.6) is 11.5 Å². The molecule has 0 spiro atoms. The van der Waals surface area contributed by atoms with Crippen LogP contribution in [0.3, 0.4) is 0 Å². The molecule has 1 unspecified atom stereocenters. The second-order valence-corrected chi connectivity index (χ2v) is 4.98. The van der Waals surface area contributed by atoms with Crippen LogP contribution in [0.4, 0.5) is 0 Å². The van der Waals surface area contributed by atoms with Gasteiger partial charge in [0, 0.05) is 18.4 Å². The average Bonchev–Trinajstić information content (AvgIpc) is 3.04. The fourth-order valence-electron chi connectivity index (χ4n) is 2.15. The summed E-state index contributed by atoms with van der Waals surface area (Å²) >= 11 is 0. The van der Waals surface area contributed by atoms with Crippen molar-refractivity contribution in [1.82, 2.24) is 10.2 Å². The minimum absolute atomic E-state index is 0.0625. The molecule has 7 heteroatoms. The van der Waals surface area contributed by atoms with Crippen LogP contribution >= 0.6 is 0 Å². The summed E-state index contributed by atoms with van der Waals surface area (Å²) in [5.74, 6) is 1.24. The first-order chi connectivity index (χ1) is 10.1. The number of benzene rings is 1. The molecule has 21 heavy (non-hydrogen) atoms. The molecule has 0 radical (unpaired) electrons. The first kappa shape index (κ1) is 13.4. The van der Waals surface area contributed by atoms with Crippen LogP contribution in [-0.2, 0) is 11.2 Å². The first-order valence-electron chi connectivity index (χ1n) is 6.56. The molecule has 0 fully saturated rings. The number of nitrogens with zero attached hydrogens (tertiary/aromatic N) is 2. The lowest BCUT2D eigenvalue weighted by Gasteiger charge is -2.03. The molecule has 2 heterocycles. The number of hydrogen-bond donors (Lipinski definition) is 1. The van der Waals surface area contributed by atoms with E-state index in [0.717, 1.165) is 5.56 Å². The van der Waals surface area contributed by atoms with E-state index in [9.17, 15) is 4.79 Å². The van der Waals surface area contributed by atoms with Crippen molar-refractivity contribution in [2.24, 2.45) is 5.92 Å². The van der Waals surface area contributed by atoms with Crippen LogP contribution in [0, 0.1) is 5.92 Å². The van der Waals surface area contributed by atoms with Crippen LogP contribution in [0.1, 0.15) is 19.2 Å². The number of carbonyl (C=O) groups is 1. The minimum atomic E-state index is -0.835. The Balaban J connectivity index is 1.74. The summed E-state index contributed by atoms with van der Waals surface area (Å²) in [6, 6.07) is 5.38. The van der Waals surface area contributed by atoms with E-state index in [4.69, 9.17) is 19.0 Å². The van der Waals surface area contributed by atoms with Gasteiger partial charge in [-0.05, 0) is 24.1 Å². The predicted octanol–water partition coefficient (Wildman–Crippen LogP) is 2.12. The van der Waals surface area contributed by atoms with Gasteiger partial charge in [0.15, 0.2) is 11.5 Å². The van der Waals surface area contributed by atoms with Gasteiger partial charge in [0.2, 0.25) is 18.6 Å². The van der Waals surface area contributed by atoms with Crippen LogP contribution in [0.2, 0.25) is 0 Å². The highest BCUT2D eigenvalue weighted by molar-refractivity contribution is 5.67. The Labute approximate surface area is 120 Å². The molecule has 0 amide bonds. The number of aliphatic carboxylic acids is 1. The highest BCUT2D eigenvalue weighted by Gasteiger charge is 2.18. The molecule has 1 atom stereocenters. The molecule has 0 saturated heterocycles. The van der Waals surface area contributed by atoms with E-state index in [1.165, 1.54) is 0 Å². The molecule has 1 aliphatic heterocycles. The lowest BCUT2D eigenvalue weighted by atomic mass is 10.0. The summed E-state index contributed by atoms with van der Waals surface area (Å²) in [5, 5.41) is 16.7. The molecule has 0 aliphatic carbocycles. The topological polar surface area (TPSA) is 94.7 Å². The van der Waals surface area contributed by atoms with Gasteiger partial charge in [0.25, 0.3) is 0 Å². The molecule has 1 aromatic heterocycles. The molecule has 0 bridgehead atoms. The third-order valence-corrected chi connectivity index (χ3v) is 3.13. The van der Waals surface area contributed by atoms with E-state index in [-0.39, 0.29) is 19.1 Å². The maximum absolute atomic E-state index is 10.6. The largest absolute Gasteiger partial charge is 0.481 e. The summed E-state index contributed by atoms with van der Waals surface area (Å²) in [5.41, 5.74) is 0.740. The standard InChI is InChI=1S/C14H14N2O5/c1-8(5-13(17)18)4-12-15-16-14(21-12)9-2-3-10-11(6-9)20-7-19-10/h2-3,6,8H,4-5,7H2,1H3,(H,17,18). The lowest BCUT2D eigenvalue weighted by Crippen LogP contribution is -2.07. The van der Waals surface area contributed by atoms with Crippen LogP contribution in [0.15, 0.2) is 22.6 Å². The molecule has 7 nitrogen and oxygen atoms in total. The smallest absolute Gasteiger partial charge is 0.303 e. The molecule has 1 aliphatic rings. The van der Waals surface area contributed by atoms with Crippen LogP contribution < -0.4 is 9.47 Å². The molecule has 110 valence electrons. The van der Waals surface area contributed by atoms with Crippen LogP contribution in [-0.4, -0.2) is 28.1 Å². The Kier molecular flexibility index (Phi) is 3.47. The summed E-state index contributed by atoms with van der Waals surface area (Å²) in [6.07, 6.45) is 0.506. The van der Waals surface area contributed by atoms with E-state index >= 15 is 0 Å². The maximum atomic E-state index is 10.6. The van der Waals surface area contributed by atoms with Crippen molar-refractivity contribution in [3.8, 4) is 23.0 Å². The van der Waals surface area contributed by atoms with Crippen molar-refractivity contribution in [2.75, 3.05) is 6.79 Å². The number of fused-ring (bicyclic) bond motifs is 1. The Morgan fingerprint density at radius 3 is 2.95 bits per heavy atom. The van der Waals surface area contributed by atoms with Gasteiger partial charge in [-0.25, -0.2) is 0 Å². The maximum Gasteiger partial charge on any atom is 0.303 e. The number of rotatable bonds is 5. The Bertz CT molecular complexity index is 667. The third-order valence-electron chi connectivity index (χ3n) is 3.13. The molecular formula is C14H14N2O5. The monoisotopic (exact) mass is 290 g/mol. The summed E-state index contributed by atoms with van der Waals surface area (Å²) in [4.78, 5) is 10.6. The number of carboxylic acid groups (broad SMARTS) is 1. The van der Waals surface area contributed by atoms with E-state index < -0.39 is 5.97 Å². The Hall–Kier alpha value is -2.57. The molecular weight excluding hydrogens is 276 g/mol. The number of aromatic nitrogens is 2. The predicted molar refractivity (Wildman–Crippen MR) is 71.0 cm³/mol. The fraction of sp³-hybridized carbons (Fsp3) is 0.357. The molecule has 1 N–H and O–H groups in total. The van der Waals surface area contributed by atoms with Gasteiger partial charge in [0.05, 0.1) is 0 Å². The van der Waals surface area contributed by atoms with Gasteiger partial charge in [-0.3, -0.25) is 4.79 Å². The highest BCUT2D eigenvalue weighted by atomic mass is 16.7. The summed E-state index contributed by atoms with van der Waals surface area (Å²) in [7, 11) is 0. The van der Waals surface area contributed by atoms with Gasteiger partial charge in [0.1, 0.15) is 0 Å². The van der Waals surface area contributed by atoms with Gasteiger partial charge in [-0.15, -0.1) is 10.2 Å². The lowest BCUT2D eigenvalue weighted by molar-refractivity contribution is -0.137. The van der Waals surface area contributed by atoms with Gasteiger partial charge >= 0.3 is 5.97 Å². The number of carboxylic acids is 1. The Morgan fingerprint density at radius 1 is 1.33 bits per heavy atom. The van der Waals surface area contributed by atoms with Crippen molar-refractivity contribution in [1.29, 1.82) is 0 Å². The Morgan fingerprint density at radius 2 is 2.14 bits per heavy atom. The van der Waals surface area contributed by atoms with Crippen molar-refractivity contribution >= 4 is 5.97 Å².